The van der Waals surface area contributed by atoms with Gasteiger partial charge in [-0.15, -0.1) is 0 Å². The van der Waals surface area contributed by atoms with Gasteiger partial charge in [0.1, 0.15) is 0 Å². The average Bonchev–Trinajstić information content (AvgIpc) is 2.69. The third-order valence-corrected chi connectivity index (χ3v) is 26.9. The summed E-state index contributed by atoms with van der Waals surface area (Å²) in [5.41, 5.74) is 0. The zero-order chi connectivity index (χ0) is 19.4. The fourth-order valence-electron chi connectivity index (χ4n) is 3.97. The molecule has 0 spiro atoms. The molecular formula is C24H28AsIO. The summed E-state index contributed by atoms with van der Waals surface area (Å²) in [5, 5.41) is 1.02. The van der Waals surface area contributed by atoms with Gasteiger partial charge in [-0.2, -0.15) is 0 Å². The summed E-state index contributed by atoms with van der Waals surface area (Å²) in [6.45, 7) is 6.47. The second-order valence-corrected chi connectivity index (χ2v) is 27.4. The van der Waals surface area contributed by atoms with Gasteiger partial charge in [0.25, 0.3) is 0 Å². The van der Waals surface area contributed by atoms with Gasteiger partial charge >= 0.3 is 176 Å². The van der Waals surface area contributed by atoms with Gasteiger partial charge in [0, 0.05) is 0 Å². The molecule has 0 amide bonds. The van der Waals surface area contributed by atoms with Crippen LogP contribution in [0.25, 0.3) is 0 Å². The second-order valence-electron chi connectivity index (χ2n) is 7.37. The Labute approximate surface area is 175 Å². The quantitative estimate of drug-likeness (QED) is 0.311. The van der Waals surface area contributed by atoms with Crippen LogP contribution in [-0.2, 0) is 4.74 Å². The van der Waals surface area contributed by atoms with Crippen molar-refractivity contribution in [1.29, 1.82) is 0 Å². The molecule has 0 aliphatic carbocycles. The number of hydrogen-bond donors (Lipinski definition) is 0. The van der Waals surface area contributed by atoms with Crippen LogP contribution in [0.4, 0.5) is 0 Å². The molecule has 0 fully saturated rings. The van der Waals surface area contributed by atoms with Crippen LogP contribution < -0.4 is 13.1 Å². The van der Waals surface area contributed by atoms with Crippen LogP contribution in [0.1, 0.15) is 20.8 Å². The molecule has 3 aromatic rings. The van der Waals surface area contributed by atoms with Crippen LogP contribution in [0.15, 0.2) is 91.0 Å². The van der Waals surface area contributed by atoms with E-state index in [1.807, 2.05) is 0 Å². The summed E-state index contributed by atoms with van der Waals surface area (Å²) in [5.74, 6) is 0. The van der Waals surface area contributed by atoms with Gasteiger partial charge < -0.3 is 0 Å². The molecule has 0 saturated heterocycles. The molecule has 27 heavy (non-hydrogen) atoms. The third kappa shape index (κ3) is 4.04. The van der Waals surface area contributed by atoms with Gasteiger partial charge in [-0.25, -0.2) is 0 Å². The first-order valence-corrected chi connectivity index (χ1v) is 19.4. The van der Waals surface area contributed by atoms with Crippen molar-refractivity contribution in [2.24, 2.45) is 0 Å². The van der Waals surface area contributed by atoms with Gasteiger partial charge in [0.05, 0.1) is 0 Å². The maximum atomic E-state index is 6.28. The zero-order valence-corrected chi connectivity index (χ0v) is 20.3. The minimum atomic E-state index is -3.45. The Morgan fingerprint density at radius 2 is 1.00 bits per heavy atom. The summed E-state index contributed by atoms with van der Waals surface area (Å²) in [6.07, 6.45) is 0.398. The third-order valence-electron chi connectivity index (χ3n) is 4.99. The predicted octanol–water partition coefficient (Wildman–Crippen LogP) is 4.86. The normalized spacial score (nSPS) is 14.5. The summed E-state index contributed by atoms with van der Waals surface area (Å²) >= 11 is 2.87. The number of ether oxygens (including phenoxy) is 1. The van der Waals surface area contributed by atoms with Gasteiger partial charge in [0.15, 0.2) is 0 Å². The first-order chi connectivity index (χ1) is 12.9. The van der Waals surface area contributed by atoms with Crippen molar-refractivity contribution >= 4 is 42.3 Å². The van der Waals surface area contributed by atoms with Crippen molar-refractivity contribution in [1.82, 2.24) is 0 Å². The number of hydrogen-bond acceptors (Lipinski definition) is 1. The SMILES string of the molecule is CC(C)OC(C)C[As](I)(c1ccccc1)(c1ccccc1)c1ccccc1. The van der Waals surface area contributed by atoms with Gasteiger partial charge in [0.2, 0.25) is 0 Å². The van der Waals surface area contributed by atoms with E-state index >= 15 is 0 Å². The molecule has 3 rings (SSSR count). The molecule has 1 unspecified atom stereocenters. The van der Waals surface area contributed by atoms with Crippen molar-refractivity contribution < 1.29 is 4.74 Å². The number of benzene rings is 3. The van der Waals surface area contributed by atoms with Crippen LogP contribution in [0, 0.1) is 0 Å². The zero-order valence-electron chi connectivity index (χ0n) is 16.3. The molecule has 0 N–H and O–H groups in total. The minimum absolute atomic E-state index is 0.175. The predicted molar refractivity (Wildman–Crippen MR) is 128 cm³/mol. The number of rotatable bonds is 7. The average molecular weight is 534 g/mol. The Kier molecular flexibility index (Phi) is 6.50. The van der Waals surface area contributed by atoms with E-state index in [9.17, 15) is 0 Å². The van der Waals surface area contributed by atoms with E-state index in [0.29, 0.717) is 0 Å². The summed E-state index contributed by atoms with van der Waals surface area (Å²) < 4.78 is 10.6. The van der Waals surface area contributed by atoms with Crippen molar-refractivity contribution in [2.75, 3.05) is 0 Å². The topological polar surface area (TPSA) is 9.23 Å². The van der Waals surface area contributed by atoms with E-state index in [1.54, 1.807) is 0 Å². The van der Waals surface area contributed by atoms with Crippen molar-refractivity contribution in [3.8, 4) is 0 Å². The molecule has 0 aromatic heterocycles. The molecule has 3 heteroatoms. The molecule has 0 aliphatic rings. The Hall–Kier alpha value is -1.09. The molecule has 1 atom stereocenters. The van der Waals surface area contributed by atoms with Crippen LogP contribution in [-0.4, -0.2) is 21.3 Å². The van der Waals surface area contributed by atoms with Gasteiger partial charge in [-0.1, -0.05) is 0 Å². The molecule has 0 saturated carbocycles. The molecule has 0 heterocycles. The van der Waals surface area contributed by atoms with E-state index < -0.39 is 9.10 Å². The van der Waals surface area contributed by atoms with Crippen molar-refractivity contribution in [3.63, 3.8) is 0 Å². The Morgan fingerprint density at radius 3 is 1.30 bits per heavy atom. The van der Waals surface area contributed by atoms with Crippen LogP contribution in [0.2, 0.25) is 5.21 Å². The monoisotopic (exact) mass is 534 g/mol. The van der Waals surface area contributed by atoms with E-state index in [0.717, 1.165) is 5.21 Å². The molecule has 142 valence electrons. The molecule has 0 radical (unpaired) electrons. The molecule has 1 nitrogen and oxygen atoms in total. The Bertz CT molecular complexity index is 750. The summed E-state index contributed by atoms with van der Waals surface area (Å²) in [4.78, 5) is 0. The van der Waals surface area contributed by atoms with Gasteiger partial charge in [-0.3, -0.25) is 0 Å². The van der Waals surface area contributed by atoms with Crippen molar-refractivity contribution in [2.45, 2.75) is 38.2 Å². The van der Waals surface area contributed by atoms with E-state index in [1.165, 1.54) is 13.1 Å². The van der Waals surface area contributed by atoms with Crippen LogP contribution in [0.5, 0.6) is 0 Å². The van der Waals surface area contributed by atoms with E-state index in [2.05, 4.69) is 132 Å². The fourth-order valence-corrected chi connectivity index (χ4v) is 22.3. The van der Waals surface area contributed by atoms with Crippen molar-refractivity contribution in [3.05, 3.63) is 91.0 Å². The first kappa shape index (κ1) is 20.6. The van der Waals surface area contributed by atoms with E-state index in [-0.39, 0.29) is 12.2 Å². The van der Waals surface area contributed by atoms with E-state index in [4.69, 9.17) is 4.74 Å². The fraction of sp³-hybridized carbons (Fsp3) is 0.250. The maximum absolute atomic E-state index is 6.28. The van der Waals surface area contributed by atoms with Crippen LogP contribution >= 0.6 is 20.1 Å². The van der Waals surface area contributed by atoms with Gasteiger partial charge in [-0.05, 0) is 0 Å². The standard InChI is InChI=1S/C24H28AsIO/c1-20(2)27-21(3)19-25(26,22-13-7-4-8-14-22,23-15-9-5-10-16-23)24-17-11-6-12-18-24/h4-18,20-21H,19H2,1-3H3. The Balaban J connectivity index is 2.32. The molecule has 0 bridgehead atoms. The second kappa shape index (κ2) is 8.51. The first-order valence-electron chi connectivity index (χ1n) is 9.50. The van der Waals surface area contributed by atoms with Crippen LogP contribution in [0.3, 0.4) is 0 Å². The summed E-state index contributed by atoms with van der Waals surface area (Å²) in [6, 6.07) is 33.3. The molecular weight excluding hydrogens is 506 g/mol. The molecule has 0 aliphatic heterocycles. The number of halogens is 1. The Morgan fingerprint density at radius 1 is 0.667 bits per heavy atom. The molecule has 3 aromatic carbocycles. The summed E-state index contributed by atoms with van der Waals surface area (Å²) in [7, 11) is -3.45.